The van der Waals surface area contributed by atoms with Gasteiger partial charge in [0.2, 0.25) is 0 Å². The molecule has 4 rings (SSSR count). The van der Waals surface area contributed by atoms with Gasteiger partial charge in [-0.3, -0.25) is 4.79 Å². The predicted molar refractivity (Wildman–Crippen MR) is 103 cm³/mol. The molecule has 2 aromatic carbocycles. The van der Waals surface area contributed by atoms with E-state index in [4.69, 9.17) is 15.2 Å². The van der Waals surface area contributed by atoms with Crippen LogP contribution in [0.2, 0.25) is 0 Å². The van der Waals surface area contributed by atoms with Crippen LogP contribution in [-0.4, -0.2) is 35.6 Å². The Morgan fingerprint density at radius 3 is 2.11 bits per heavy atom. The lowest BCUT2D eigenvalue weighted by molar-refractivity contribution is -0.148. The highest BCUT2D eigenvalue weighted by molar-refractivity contribution is 5.87. The Labute approximate surface area is 164 Å². The highest BCUT2D eigenvalue weighted by Crippen LogP contribution is 2.60. The first-order chi connectivity index (χ1) is 13.5. The molecule has 2 fully saturated rings. The quantitative estimate of drug-likeness (QED) is 0.807. The van der Waals surface area contributed by atoms with Gasteiger partial charge in [0.1, 0.15) is 18.8 Å². The van der Waals surface area contributed by atoms with Crippen molar-refractivity contribution in [3.05, 3.63) is 71.8 Å². The topological polar surface area (TPSA) is 81.9 Å². The van der Waals surface area contributed by atoms with Gasteiger partial charge in [-0.1, -0.05) is 60.7 Å². The number of carbonyl (C=O) groups is 2. The van der Waals surface area contributed by atoms with Crippen LogP contribution in [-0.2, 0) is 27.5 Å². The molecular weight excluding hydrogens is 356 g/mol. The summed E-state index contributed by atoms with van der Waals surface area (Å²) in [5.74, 6) is -0.393. The van der Waals surface area contributed by atoms with Crippen LogP contribution in [0.5, 0.6) is 0 Å². The van der Waals surface area contributed by atoms with Crippen LogP contribution in [0.25, 0.3) is 0 Å². The van der Waals surface area contributed by atoms with Crippen molar-refractivity contribution >= 4 is 12.1 Å². The Kier molecular flexibility index (Phi) is 4.81. The summed E-state index contributed by atoms with van der Waals surface area (Å²) >= 11 is 0. The van der Waals surface area contributed by atoms with E-state index in [-0.39, 0.29) is 19.3 Å². The lowest BCUT2D eigenvalue weighted by Gasteiger charge is -2.19. The van der Waals surface area contributed by atoms with Gasteiger partial charge < -0.3 is 20.1 Å². The fourth-order valence-corrected chi connectivity index (χ4v) is 3.98. The average Bonchev–Trinajstić information content (AvgIpc) is 3.09. The lowest BCUT2D eigenvalue weighted by Crippen LogP contribution is -2.42. The maximum atomic E-state index is 12.6. The van der Waals surface area contributed by atoms with Crippen LogP contribution < -0.4 is 5.73 Å². The molecule has 1 saturated heterocycles. The molecule has 6 nitrogen and oxygen atoms in total. The molecular formula is C22H24N2O4. The molecule has 1 aliphatic heterocycles. The normalized spacial score (nSPS) is 25.5. The van der Waals surface area contributed by atoms with Crippen LogP contribution >= 0.6 is 0 Å². The molecule has 1 saturated carbocycles. The molecule has 1 spiro atoms. The first kappa shape index (κ1) is 18.5. The van der Waals surface area contributed by atoms with Crippen molar-refractivity contribution in [1.82, 2.24) is 4.90 Å². The van der Waals surface area contributed by atoms with Crippen LogP contribution in [0.1, 0.15) is 24.0 Å². The summed E-state index contributed by atoms with van der Waals surface area (Å²) in [6.07, 6.45) is 0.855. The van der Waals surface area contributed by atoms with E-state index < -0.39 is 16.9 Å². The second-order valence-electron chi connectivity index (χ2n) is 7.70. The van der Waals surface area contributed by atoms with Crippen LogP contribution in [0.4, 0.5) is 4.79 Å². The molecule has 6 heteroatoms. The van der Waals surface area contributed by atoms with E-state index in [2.05, 4.69) is 0 Å². The van der Waals surface area contributed by atoms with Gasteiger partial charge in [0, 0.05) is 18.5 Å². The number of nitrogens with zero attached hydrogens (tertiary/aromatic N) is 1. The Morgan fingerprint density at radius 1 is 0.929 bits per heavy atom. The number of esters is 1. The minimum atomic E-state index is -1.02. The van der Waals surface area contributed by atoms with Crippen LogP contribution in [0.3, 0.4) is 0 Å². The van der Waals surface area contributed by atoms with E-state index >= 15 is 0 Å². The summed E-state index contributed by atoms with van der Waals surface area (Å²) in [7, 11) is 0. The summed E-state index contributed by atoms with van der Waals surface area (Å²) in [6, 6.07) is 19.1. The van der Waals surface area contributed by atoms with Crippen molar-refractivity contribution in [3.8, 4) is 0 Å². The number of hydrogen-bond donors (Lipinski definition) is 1. The number of amides is 1. The third-order valence-electron chi connectivity index (χ3n) is 5.83. The molecule has 0 bridgehead atoms. The van der Waals surface area contributed by atoms with Gasteiger partial charge in [0.15, 0.2) is 0 Å². The maximum absolute atomic E-state index is 12.6. The molecule has 2 N–H and O–H groups in total. The van der Waals surface area contributed by atoms with E-state index in [1.54, 1.807) is 4.90 Å². The average molecular weight is 380 g/mol. The third kappa shape index (κ3) is 3.47. The summed E-state index contributed by atoms with van der Waals surface area (Å²) < 4.78 is 10.8. The van der Waals surface area contributed by atoms with Gasteiger partial charge >= 0.3 is 12.1 Å². The SMILES string of the molecule is NC1(C(=O)OCc2ccccc2)CC12CCN(C(=O)OCc1ccccc1)C2. The monoisotopic (exact) mass is 380 g/mol. The number of ether oxygens (including phenoxy) is 2. The van der Waals surface area contributed by atoms with Crippen LogP contribution in [0, 0.1) is 5.41 Å². The first-order valence-electron chi connectivity index (χ1n) is 9.48. The molecule has 2 atom stereocenters. The van der Waals surface area contributed by atoms with Gasteiger partial charge in [0.25, 0.3) is 0 Å². The highest BCUT2D eigenvalue weighted by Gasteiger charge is 2.73. The number of likely N-dealkylation sites (tertiary alicyclic amines) is 1. The highest BCUT2D eigenvalue weighted by atomic mass is 16.6. The third-order valence-corrected chi connectivity index (χ3v) is 5.83. The zero-order valence-electron chi connectivity index (χ0n) is 15.7. The molecule has 0 aromatic heterocycles. The maximum Gasteiger partial charge on any atom is 0.410 e. The zero-order chi connectivity index (χ0) is 19.6. The zero-order valence-corrected chi connectivity index (χ0v) is 15.7. The summed E-state index contributed by atoms with van der Waals surface area (Å²) in [4.78, 5) is 26.6. The molecule has 2 aromatic rings. The Balaban J connectivity index is 1.29. The fourth-order valence-electron chi connectivity index (χ4n) is 3.98. The number of rotatable bonds is 5. The second-order valence-corrected chi connectivity index (χ2v) is 7.70. The second kappa shape index (κ2) is 7.28. The van der Waals surface area contributed by atoms with E-state index in [1.165, 1.54) is 0 Å². The summed E-state index contributed by atoms with van der Waals surface area (Å²) in [5, 5.41) is 0. The smallest absolute Gasteiger partial charge is 0.410 e. The number of hydrogen-bond acceptors (Lipinski definition) is 5. The molecule has 0 radical (unpaired) electrons. The molecule has 1 amide bonds. The Hall–Kier alpha value is -2.86. The molecule has 2 unspecified atom stereocenters. The standard InChI is InChI=1S/C22H24N2O4/c23-22(19(25)27-13-17-7-3-1-4-8-17)15-21(22)11-12-24(16-21)20(26)28-14-18-9-5-2-6-10-18/h1-10H,11-16,23H2. The van der Waals surface area contributed by atoms with Gasteiger partial charge in [-0.25, -0.2) is 4.79 Å². The van der Waals surface area contributed by atoms with E-state index in [0.717, 1.165) is 11.1 Å². The van der Waals surface area contributed by atoms with Crippen LogP contribution in [0.15, 0.2) is 60.7 Å². The van der Waals surface area contributed by atoms with Gasteiger partial charge in [0.05, 0.1) is 0 Å². The van der Waals surface area contributed by atoms with Crippen molar-refractivity contribution in [2.75, 3.05) is 13.1 Å². The van der Waals surface area contributed by atoms with E-state index in [0.29, 0.717) is 25.9 Å². The molecule has 28 heavy (non-hydrogen) atoms. The minimum absolute atomic E-state index is 0.206. The van der Waals surface area contributed by atoms with Crippen molar-refractivity contribution in [2.24, 2.45) is 11.1 Å². The Bertz CT molecular complexity index is 857. The number of nitrogens with two attached hydrogens (primary N) is 1. The number of benzene rings is 2. The number of carbonyl (C=O) groups excluding carboxylic acids is 2. The molecule has 146 valence electrons. The van der Waals surface area contributed by atoms with Crippen molar-refractivity contribution in [2.45, 2.75) is 31.6 Å². The van der Waals surface area contributed by atoms with Crippen molar-refractivity contribution in [1.29, 1.82) is 0 Å². The van der Waals surface area contributed by atoms with Crippen molar-refractivity contribution in [3.63, 3.8) is 0 Å². The van der Waals surface area contributed by atoms with E-state index in [1.807, 2.05) is 60.7 Å². The molecule has 2 aliphatic rings. The molecule has 1 aliphatic carbocycles. The molecule has 1 heterocycles. The largest absolute Gasteiger partial charge is 0.459 e. The van der Waals surface area contributed by atoms with E-state index in [9.17, 15) is 9.59 Å². The van der Waals surface area contributed by atoms with Gasteiger partial charge in [-0.2, -0.15) is 0 Å². The predicted octanol–water partition coefficient (Wildman–Crippen LogP) is 2.86. The summed E-state index contributed by atoms with van der Waals surface area (Å²) in [5.41, 5.74) is 6.82. The lowest BCUT2D eigenvalue weighted by atomic mass is 9.99. The minimum Gasteiger partial charge on any atom is -0.459 e. The Morgan fingerprint density at radius 2 is 1.50 bits per heavy atom. The van der Waals surface area contributed by atoms with Gasteiger partial charge in [-0.15, -0.1) is 0 Å². The summed E-state index contributed by atoms with van der Waals surface area (Å²) in [6.45, 7) is 1.41. The van der Waals surface area contributed by atoms with Crippen molar-refractivity contribution < 1.29 is 19.1 Å². The first-order valence-corrected chi connectivity index (χ1v) is 9.48. The fraction of sp³-hybridized carbons (Fsp3) is 0.364. The van der Waals surface area contributed by atoms with Gasteiger partial charge in [-0.05, 0) is 24.0 Å².